The lowest BCUT2D eigenvalue weighted by molar-refractivity contribution is -0.154. The second kappa shape index (κ2) is 7.42. The van der Waals surface area contributed by atoms with Gasteiger partial charge in [0.1, 0.15) is 0 Å². The molecule has 1 aliphatic heterocycles. The highest BCUT2D eigenvalue weighted by atomic mass is 16.7. The van der Waals surface area contributed by atoms with Crippen molar-refractivity contribution in [2.24, 2.45) is 0 Å². The number of allylic oxidation sites excluding steroid dienone is 4. The summed E-state index contributed by atoms with van der Waals surface area (Å²) >= 11 is 0. The van der Waals surface area contributed by atoms with Crippen LogP contribution in [-0.4, -0.2) is 19.5 Å². The predicted octanol–water partition coefficient (Wildman–Crippen LogP) is 3.61. The normalized spacial score (nSPS) is 21.4. The molecular weight excluding hydrogens is 200 g/mol. The third kappa shape index (κ3) is 3.95. The van der Waals surface area contributed by atoms with Crippen LogP contribution in [0.5, 0.6) is 0 Å². The molecule has 0 spiro atoms. The van der Waals surface area contributed by atoms with Crippen LogP contribution < -0.4 is 0 Å². The van der Waals surface area contributed by atoms with Crippen molar-refractivity contribution >= 4 is 0 Å². The molecule has 0 aromatic heterocycles. The summed E-state index contributed by atoms with van der Waals surface area (Å²) in [5.74, 6) is 0. The highest BCUT2D eigenvalue weighted by molar-refractivity contribution is 5.34. The Balaban J connectivity index is 0.000000606. The summed E-state index contributed by atoms with van der Waals surface area (Å²) in [6.45, 7) is 7.72. The molecule has 2 heteroatoms. The van der Waals surface area contributed by atoms with Crippen molar-refractivity contribution in [3.05, 3.63) is 35.5 Å². The molecule has 90 valence electrons. The Morgan fingerprint density at radius 2 is 1.88 bits per heavy atom. The van der Waals surface area contributed by atoms with E-state index in [1.54, 1.807) is 0 Å². The third-order valence-corrected chi connectivity index (χ3v) is 2.38. The molecule has 0 amide bonds. The zero-order chi connectivity index (χ0) is 11.8. The first-order valence-electron chi connectivity index (χ1n) is 6.14. The molecule has 1 heterocycles. The molecule has 1 saturated heterocycles. The molecule has 16 heavy (non-hydrogen) atoms. The first-order chi connectivity index (χ1) is 7.86. The second-order valence-corrected chi connectivity index (χ2v) is 3.66. The molecule has 0 radical (unpaired) electrons. The van der Waals surface area contributed by atoms with E-state index in [9.17, 15) is 0 Å². The number of ether oxygens (including phenoxy) is 2. The summed E-state index contributed by atoms with van der Waals surface area (Å²) in [5, 5.41) is 0. The van der Waals surface area contributed by atoms with E-state index in [0.717, 1.165) is 31.6 Å². The maximum absolute atomic E-state index is 5.55. The van der Waals surface area contributed by atoms with E-state index in [1.807, 2.05) is 13.8 Å². The molecule has 1 fully saturated rings. The Bertz CT molecular complexity index is 281. The summed E-state index contributed by atoms with van der Waals surface area (Å²) in [7, 11) is 0. The smallest absolute Gasteiger partial charge is 0.183 e. The number of rotatable bonds is 1. The molecule has 0 atom stereocenters. The van der Waals surface area contributed by atoms with Gasteiger partial charge < -0.3 is 9.47 Å². The van der Waals surface area contributed by atoms with Gasteiger partial charge in [-0.05, 0) is 19.8 Å². The van der Waals surface area contributed by atoms with Crippen molar-refractivity contribution in [1.82, 2.24) is 0 Å². The minimum Gasteiger partial charge on any atom is -0.348 e. The molecule has 0 saturated carbocycles. The lowest BCUT2D eigenvalue weighted by Gasteiger charge is -2.24. The zero-order valence-corrected chi connectivity index (χ0v) is 10.5. The summed E-state index contributed by atoms with van der Waals surface area (Å²) in [5.41, 5.74) is 2.42. The minimum absolute atomic E-state index is 0.151. The molecule has 0 bridgehead atoms. The second-order valence-electron chi connectivity index (χ2n) is 3.66. The van der Waals surface area contributed by atoms with Crippen LogP contribution in [0.3, 0.4) is 0 Å². The molecule has 0 aromatic rings. The van der Waals surface area contributed by atoms with E-state index < -0.39 is 0 Å². The Labute approximate surface area is 98.6 Å². The van der Waals surface area contributed by atoms with Gasteiger partial charge >= 0.3 is 0 Å². The Hall–Kier alpha value is -0.860. The van der Waals surface area contributed by atoms with E-state index in [2.05, 4.69) is 31.2 Å². The molecule has 1 aliphatic carbocycles. The van der Waals surface area contributed by atoms with E-state index in [4.69, 9.17) is 9.47 Å². The molecule has 0 N–H and O–H groups in total. The summed E-state index contributed by atoms with van der Waals surface area (Å²) in [4.78, 5) is 0. The zero-order valence-electron chi connectivity index (χ0n) is 10.5. The quantitative estimate of drug-likeness (QED) is 0.674. The Kier molecular flexibility index (Phi) is 6.12. The van der Waals surface area contributed by atoms with Gasteiger partial charge in [0.2, 0.25) is 0 Å². The van der Waals surface area contributed by atoms with Crippen LogP contribution in [0.25, 0.3) is 0 Å². The molecule has 0 unspecified atom stereocenters. The Morgan fingerprint density at radius 1 is 1.19 bits per heavy atom. The van der Waals surface area contributed by atoms with Crippen LogP contribution in [0.15, 0.2) is 35.5 Å². The summed E-state index contributed by atoms with van der Waals surface area (Å²) in [6, 6.07) is 0. The first-order valence-corrected chi connectivity index (χ1v) is 6.14. The molecule has 2 rings (SSSR count). The molecule has 2 nitrogen and oxygen atoms in total. The standard InChI is InChI=1S/C12H16O2.C2H6/c1-10-5-2-3-6-11(9-10)12-13-7-4-8-14-12;1-2/h3,5-6,9,12H,2,4,7-8H2,1H3;1-2H3. The van der Waals surface area contributed by atoms with Crippen LogP contribution in [0.2, 0.25) is 0 Å². The summed E-state index contributed by atoms with van der Waals surface area (Å²) in [6.07, 6.45) is 10.4. The topological polar surface area (TPSA) is 18.5 Å². The van der Waals surface area contributed by atoms with Crippen molar-refractivity contribution in [2.45, 2.75) is 39.9 Å². The maximum Gasteiger partial charge on any atom is 0.183 e. The van der Waals surface area contributed by atoms with E-state index in [-0.39, 0.29) is 6.29 Å². The monoisotopic (exact) mass is 222 g/mol. The van der Waals surface area contributed by atoms with Gasteiger partial charge in [0.25, 0.3) is 0 Å². The van der Waals surface area contributed by atoms with Gasteiger partial charge in [-0.25, -0.2) is 0 Å². The van der Waals surface area contributed by atoms with Crippen LogP contribution in [0, 0.1) is 0 Å². The van der Waals surface area contributed by atoms with Gasteiger partial charge in [-0.15, -0.1) is 0 Å². The van der Waals surface area contributed by atoms with Crippen LogP contribution >= 0.6 is 0 Å². The fraction of sp³-hybridized carbons (Fsp3) is 0.571. The van der Waals surface area contributed by atoms with Gasteiger partial charge in [0.15, 0.2) is 6.29 Å². The number of hydrogen-bond donors (Lipinski definition) is 0. The Morgan fingerprint density at radius 3 is 2.56 bits per heavy atom. The van der Waals surface area contributed by atoms with Gasteiger partial charge in [0, 0.05) is 5.57 Å². The summed E-state index contributed by atoms with van der Waals surface area (Å²) < 4.78 is 11.1. The van der Waals surface area contributed by atoms with Crippen molar-refractivity contribution in [3.63, 3.8) is 0 Å². The maximum atomic E-state index is 5.55. The first kappa shape index (κ1) is 13.2. The van der Waals surface area contributed by atoms with Crippen molar-refractivity contribution in [1.29, 1.82) is 0 Å². The highest BCUT2D eigenvalue weighted by Crippen LogP contribution is 2.19. The van der Waals surface area contributed by atoms with Crippen LogP contribution in [0.1, 0.15) is 33.6 Å². The van der Waals surface area contributed by atoms with Crippen molar-refractivity contribution in [3.8, 4) is 0 Å². The average Bonchev–Trinajstić information content (AvgIpc) is 2.58. The average molecular weight is 222 g/mol. The van der Waals surface area contributed by atoms with Crippen molar-refractivity contribution < 1.29 is 9.47 Å². The highest BCUT2D eigenvalue weighted by Gasteiger charge is 2.17. The lowest BCUT2D eigenvalue weighted by Crippen LogP contribution is -2.26. The predicted molar refractivity (Wildman–Crippen MR) is 67.3 cm³/mol. The van der Waals surface area contributed by atoms with Crippen LogP contribution in [0.4, 0.5) is 0 Å². The van der Waals surface area contributed by atoms with Gasteiger partial charge in [-0.3, -0.25) is 0 Å². The third-order valence-electron chi connectivity index (χ3n) is 2.38. The lowest BCUT2D eigenvalue weighted by atomic mass is 10.1. The van der Waals surface area contributed by atoms with E-state index in [0.29, 0.717) is 0 Å². The molecule has 2 aliphatic rings. The van der Waals surface area contributed by atoms with Crippen molar-refractivity contribution in [2.75, 3.05) is 13.2 Å². The van der Waals surface area contributed by atoms with Gasteiger partial charge in [-0.1, -0.05) is 43.7 Å². The van der Waals surface area contributed by atoms with Gasteiger partial charge in [-0.2, -0.15) is 0 Å². The van der Waals surface area contributed by atoms with E-state index >= 15 is 0 Å². The molecular formula is C14H22O2. The molecule has 0 aromatic carbocycles. The largest absolute Gasteiger partial charge is 0.348 e. The SMILES string of the molecule is CC.CC1=CCC=CC(C2OCCCO2)=C1. The number of hydrogen-bond acceptors (Lipinski definition) is 2. The van der Waals surface area contributed by atoms with Gasteiger partial charge in [0.05, 0.1) is 13.2 Å². The fourth-order valence-corrected chi connectivity index (χ4v) is 1.65. The fourth-order valence-electron chi connectivity index (χ4n) is 1.65. The van der Waals surface area contributed by atoms with Crippen LogP contribution in [-0.2, 0) is 9.47 Å². The minimum atomic E-state index is -0.151. The van der Waals surface area contributed by atoms with E-state index in [1.165, 1.54) is 5.57 Å².